The van der Waals surface area contributed by atoms with E-state index in [1.807, 2.05) is 26.0 Å². The number of nitrogens with one attached hydrogen (secondary N) is 2. The van der Waals surface area contributed by atoms with Gasteiger partial charge in [-0.25, -0.2) is 8.42 Å². The first kappa shape index (κ1) is 16.5. The molecule has 20 heavy (non-hydrogen) atoms. The van der Waals surface area contributed by atoms with Crippen LogP contribution in [-0.2, 0) is 9.84 Å². The fourth-order valence-corrected chi connectivity index (χ4v) is 2.42. The van der Waals surface area contributed by atoms with E-state index in [1.165, 1.54) is 6.26 Å². The molecule has 1 amide bonds. The fourth-order valence-electron chi connectivity index (χ4n) is 1.75. The molecular weight excluding hydrogens is 276 g/mol. The van der Waals surface area contributed by atoms with Gasteiger partial charge in [0.05, 0.1) is 11.3 Å². The number of anilines is 1. The SMILES string of the molecule is CC(C)Nc1ccccc1C(=O)NCCCS(C)(=O)=O. The number of benzene rings is 1. The molecule has 0 saturated heterocycles. The van der Waals surface area contributed by atoms with Crippen molar-refractivity contribution in [2.75, 3.05) is 23.9 Å². The summed E-state index contributed by atoms with van der Waals surface area (Å²) < 4.78 is 22.0. The number of rotatable bonds is 7. The average molecular weight is 298 g/mol. The van der Waals surface area contributed by atoms with Gasteiger partial charge < -0.3 is 10.6 Å². The van der Waals surface area contributed by atoms with Crippen LogP contribution < -0.4 is 10.6 Å². The van der Waals surface area contributed by atoms with E-state index in [4.69, 9.17) is 0 Å². The lowest BCUT2D eigenvalue weighted by Gasteiger charge is -2.14. The molecule has 0 atom stereocenters. The lowest BCUT2D eigenvalue weighted by Crippen LogP contribution is -2.27. The zero-order valence-electron chi connectivity index (χ0n) is 12.1. The number of hydrogen-bond acceptors (Lipinski definition) is 4. The van der Waals surface area contributed by atoms with Crippen LogP contribution in [0.15, 0.2) is 24.3 Å². The second-order valence-corrected chi connectivity index (χ2v) is 7.34. The first-order chi connectivity index (χ1) is 9.29. The standard InChI is InChI=1S/C14H22N2O3S/c1-11(2)16-13-8-5-4-7-12(13)14(17)15-9-6-10-20(3,18)19/h4-5,7-8,11,16H,6,9-10H2,1-3H3,(H,15,17). The van der Waals surface area contributed by atoms with E-state index in [-0.39, 0.29) is 17.7 Å². The van der Waals surface area contributed by atoms with Crippen LogP contribution in [0.2, 0.25) is 0 Å². The third-order valence-corrected chi connectivity index (χ3v) is 3.62. The minimum absolute atomic E-state index is 0.0825. The Kier molecular flexibility index (Phi) is 6.01. The molecule has 0 aliphatic heterocycles. The minimum atomic E-state index is -2.97. The van der Waals surface area contributed by atoms with E-state index in [2.05, 4.69) is 10.6 Å². The molecule has 0 radical (unpaired) electrons. The van der Waals surface area contributed by atoms with Crippen LogP contribution in [0.5, 0.6) is 0 Å². The minimum Gasteiger partial charge on any atom is -0.382 e. The summed E-state index contributed by atoms with van der Waals surface area (Å²) in [5.74, 6) is -0.110. The van der Waals surface area contributed by atoms with Crippen LogP contribution in [-0.4, -0.2) is 38.9 Å². The molecule has 0 aromatic heterocycles. The molecule has 0 heterocycles. The molecule has 0 bridgehead atoms. The van der Waals surface area contributed by atoms with Crippen molar-refractivity contribution in [1.82, 2.24) is 5.32 Å². The highest BCUT2D eigenvalue weighted by Crippen LogP contribution is 2.15. The Morgan fingerprint density at radius 1 is 1.25 bits per heavy atom. The highest BCUT2D eigenvalue weighted by atomic mass is 32.2. The van der Waals surface area contributed by atoms with Crippen LogP contribution in [0.25, 0.3) is 0 Å². The van der Waals surface area contributed by atoms with Gasteiger partial charge in [0.1, 0.15) is 9.84 Å². The van der Waals surface area contributed by atoms with Gasteiger partial charge in [-0.3, -0.25) is 4.79 Å². The van der Waals surface area contributed by atoms with Gasteiger partial charge in [0.15, 0.2) is 0 Å². The largest absolute Gasteiger partial charge is 0.382 e. The van der Waals surface area contributed by atoms with E-state index in [0.717, 1.165) is 5.69 Å². The summed E-state index contributed by atoms with van der Waals surface area (Å²) in [6.07, 6.45) is 1.61. The number of carbonyl (C=O) groups excluding carboxylic acids is 1. The first-order valence-electron chi connectivity index (χ1n) is 6.61. The smallest absolute Gasteiger partial charge is 0.253 e. The number of carbonyl (C=O) groups is 1. The summed E-state index contributed by atoms with van der Waals surface area (Å²) in [5.41, 5.74) is 1.35. The predicted octanol–water partition coefficient (Wildman–Crippen LogP) is 1.67. The monoisotopic (exact) mass is 298 g/mol. The van der Waals surface area contributed by atoms with Crippen LogP contribution in [0.4, 0.5) is 5.69 Å². The van der Waals surface area contributed by atoms with Gasteiger partial charge in [-0.1, -0.05) is 12.1 Å². The zero-order valence-corrected chi connectivity index (χ0v) is 13.0. The summed E-state index contributed by atoms with van der Waals surface area (Å²) >= 11 is 0. The molecule has 0 fully saturated rings. The van der Waals surface area contributed by atoms with Gasteiger partial charge in [-0.2, -0.15) is 0 Å². The third kappa shape index (κ3) is 6.06. The lowest BCUT2D eigenvalue weighted by atomic mass is 10.1. The van der Waals surface area contributed by atoms with Crippen molar-refractivity contribution in [3.05, 3.63) is 29.8 Å². The van der Waals surface area contributed by atoms with Crippen molar-refractivity contribution < 1.29 is 13.2 Å². The number of sulfone groups is 1. The number of amides is 1. The number of hydrogen-bond donors (Lipinski definition) is 2. The van der Waals surface area contributed by atoms with Crippen LogP contribution in [0, 0.1) is 0 Å². The molecule has 6 heteroatoms. The maximum atomic E-state index is 12.1. The van der Waals surface area contributed by atoms with Crippen molar-refractivity contribution in [3.63, 3.8) is 0 Å². The summed E-state index contributed by atoms with van der Waals surface area (Å²) in [7, 11) is -2.97. The maximum absolute atomic E-state index is 12.1. The zero-order chi connectivity index (χ0) is 15.2. The van der Waals surface area contributed by atoms with Gasteiger partial charge >= 0.3 is 0 Å². The molecule has 0 aliphatic carbocycles. The van der Waals surface area contributed by atoms with Gasteiger partial charge in [0.2, 0.25) is 0 Å². The molecule has 0 spiro atoms. The van der Waals surface area contributed by atoms with Crippen molar-refractivity contribution in [1.29, 1.82) is 0 Å². The van der Waals surface area contributed by atoms with Crippen molar-refractivity contribution >= 4 is 21.4 Å². The highest BCUT2D eigenvalue weighted by Gasteiger charge is 2.11. The maximum Gasteiger partial charge on any atom is 0.253 e. The van der Waals surface area contributed by atoms with Crippen LogP contribution >= 0.6 is 0 Å². The molecule has 0 unspecified atom stereocenters. The Labute approximate surface area is 120 Å². The van der Waals surface area contributed by atoms with Crippen molar-refractivity contribution in [2.45, 2.75) is 26.3 Å². The van der Waals surface area contributed by atoms with Gasteiger partial charge in [-0.05, 0) is 32.4 Å². The van der Waals surface area contributed by atoms with Crippen LogP contribution in [0.1, 0.15) is 30.6 Å². The normalized spacial score (nSPS) is 11.4. The van der Waals surface area contributed by atoms with Crippen molar-refractivity contribution in [2.24, 2.45) is 0 Å². The average Bonchev–Trinajstić information content (AvgIpc) is 2.33. The summed E-state index contributed by atoms with van der Waals surface area (Å²) in [4.78, 5) is 12.1. The van der Waals surface area contributed by atoms with Crippen molar-refractivity contribution in [3.8, 4) is 0 Å². The summed E-state index contributed by atoms with van der Waals surface area (Å²) in [5, 5.41) is 5.95. The lowest BCUT2D eigenvalue weighted by molar-refractivity contribution is 0.0954. The molecule has 1 rings (SSSR count). The van der Waals surface area contributed by atoms with E-state index in [9.17, 15) is 13.2 Å². The second-order valence-electron chi connectivity index (χ2n) is 5.08. The first-order valence-corrected chi connectivity index (χ1v) is 8.67. The molecule has 0 saturated carbocycles. The van der Waals surface area contributed by atoms with E-state index < -0.39 is 9.84 Å². The van der Waals surface area contributed by atoms with Gasteiger partial charge in [0.25, 0.3) is 5.91 Å². The Morgan fingerprint density at radius 3 is 2.50 bits per heavy atom. The van der Waals surface area contributed by atoms with Gasteiger partial charge in [0, 0.05) is 24.5 Å². The second kappa shape index (κ2) is 7.28. The van der Waals surface area contributed by atoms with E-state index in [0.29, 0.717) is 18.5 Å². The molecular formula is C14H22N2O3S. The molecule has 0 aliphatic rings. The third-order valence-electron chi connectivity index (χ3n) is 2.59. The Balaban J connectivity index is 2.59. The Morgan fingerprint density at radius 2 is 1.90 bits per heavy atom. The number of para-hydroxylation sites is 1. The predicted molar refractivity (Wildman–Crippen MR) is 81.9 cm³/mol. The quantitative estimate of drug-likeness (QED) is 0.751. The highest BCUT2D eigenvalue weighted by molar-refractivity contribution is 7.90. The summed E-state index contributed by atoms with van der Waals surface area (Å²) in [6.45, 7) is 4.35. The summed E-state index contributed by atoms with van der Waals surface area (Å²) in [6, 6.07) is 7.50. The van der Waals surface area contributed by atoms with E-state index >= 15 is 0 Å². The topological polar surface area (TPSA) is 75.3 Å². The molecule has 5 nitrogen and oxygen atoms in total. The molecule has 112 valence electrons. The molecule has 1 aromatic rings. The van der Waals surface area contributed by atoms with Crippen LogP contribution in [0.3, 0.4) is 0 Å². The molecule has 1 aromatic carbocycles. The molecule has 2 N–H and O–H groups in total. The Hall–Kier alpha value is -1.56. The fraction of sp³-hybridized carbons (Fsp3) is 0.500. The Bertz CT molecular complexity index is 553. The van der Waals surface area contributed by atoms with Gasteiger partial charge in [-0.15, -0.1) is 0 Å². The van der Waals surface area contributed by atoms with E-state index in [1.54, 1.807) is 12.1 Å².